The number of nitrogens with two attached hydrogens (primary N) is 1. The standard InChI is InChI=1S/C21H27N7O2S/c1-3-31(29,30)28-14-4-5-15(28)10-13(9-14)17-7-6-16-18(23-17)11-19(25-21(16)22)24-20-8-12(2)26-27-20/h6-8,11,13-15H,3-5,9-10H2,1-2H3,(H4,22,24,25,26,27)/t13?,14-,15+. The normalized spacial score (nSPS) is 24.0. The second kappa shape index (κ2) is 7.45. The fraction of sp³-hybridized carbons (Fsp3) is 0.476. The number of hydrogen-bond donors (Lipinski definition) is 3. The Morgan fingerprint density at radius 1 is 1.16 bits per heavy atom. The van der Waals surface area contributed by atoms with Crippen molar-refractivity contribution in [3.63, 3.8) is 0 Å². The van der Waals surface area contributed by atoms with Gasteiger partial charge in [0.1, 0.15) is 11.6 Å². The van der Waals surface area contributed by atoms with Crippen molar-refractivity contribution < 1.29 is 8.42 Å². The fourth-order valence-corrected chi connectivity index (χ4v) is 6.64. The number of H-pyrrole nitrogens is 1. The molecule has 2 bridgehead atoms. The molecule has 2 saturated heterocycles. The molecule has 0 aliphatic carbocycles. The zero-order valence-electron chi connectivity index (χ0n) is 17.7. The van der Waals surface area contributed by atoms with Gasteiger partial charge in [-0.05, 0) is 51.7 Å². The maximum absolute atomic E-state index is 12.5. The maximum atomic E-state index is 12.5. The van der Waals surface area contributed by atoms with E-state index in [-0.39, 0.29) is 23.8 Å². The van der Waals surface area contributed by atoms with Crippen molar-refractivity contribution in [1.29, 1.82) is 0 Å². The van der Waals surface area contributed by atoms with E-state index in [0.29, 0.717) is 17.5 Å². The molecule has 9 nitrogen and oxygen atoms in total. The largest absolute Gasteiger partial charge is 0.383 e. The van der Waals surface area contributed by atoms with E-state index in [1.54, 1.807) is 11.2 Å². The lowest BCUT2D eigenvalue weighted by Gasteiger charge is -2.37. The van der Waals surface area contributed by atoms with Crippen LogP contribution in [-0.2, 0) is 10.0 Å². The van der Waals surface area contributed by atoms with Crippen LogP contribution in [-0.4, -0.2) is 50.7 Å². The van der Waals surface area contributed by atoms with Gasteiger partial charge in [-0.3, -0.25) is 10.1 Å². The molecule has 31 heavy (non-hydrogen) atoms. The van der Waals surface area contributed by atoms with Gasteiger partial charge in [0.05, 0.1) is 11.3 Å². The van der Waals surface area contributed by atoms with Crippen LogP contribution in [0.4, 0.5) is 17.5 Å². The van der Waals surface area contributed by atoms with E-state index in [1.165, 1.54) is 0 Å². The molecule has 0 radical (unpaired) electrons. The number of piperidine rings is 1. The molecule has 3 atom stereocenters. The number of sulfonamides is 1. The number of anilines is 3. The van der Waals surface area contributed by atoms with Crippen LogP contribution in [0.1, 0.15) is 49.9 Å². The van der Waals surface area contributed by atoms with Crippen LogP contribution in [0.3, 0.4) is 0 Å². The Balaban J connectivity index is 1.43. The third-order valence-electron chi connectivity index (χ3n) is 6.47. The number of aromatic nitrogens is 4. The van der Waals surface area contributed by atoms with Crippen molar-refractivity contribution >= 4 is 38.4 Å². The zero-order valence-corrected chi connectivity index (χ0v) is 18.5. The summed E-state index contributed by atoms with van der Waals surface area (Å²) in [6.45, 7) is 3.65. The van der Waals surface area contributed by atoms with Gasteiger partial charge >= 0.3 is 0 Å². The SMILES string of the molecule is CCS(=O)(=O)N1[C@@H]2CC[C@H]1CC(c1ccc3c(N)nc(Nc4cc(C)[nH]n4)cc3n1)C2. The highest BCUT2D eigenvalue weighted by Gasteiger charge is 2.46. The summed E-state index contributed by atoms with van der Waals surface area (Å²) < 4.78 is 26.8. The number of aromatic amines is 1. The Morgan fingerprint density at radius 2 is 1.90 bits per heavy atom. The summed E-state index contributed by atoms with van der Waals surface area (Å²) in [5.74, 6) is 2.07. The fourth-order valence-electron chi connectivity index (χ4n) is 5.05. The number of fused-ring (bicyclic) bond motifs is 3. The average Bonchev–Trinajstić information content (AvgIpc) is 3.27. The van der Waals surface area contributed by atoms with Gasteiger partial charge in [-0.25, -0.2) is 13.4 Å². The Morgan fingerprint density at radius 3 is 2.55 bits per heavy atom. The van der Waals surface area contributed by atoms with Crippen LogP contribution in [0.25, 0.3) is 10.9 Å². The van der Waals surface area contributed by atoms with E-state index in [2.05, 4.69) is 20.5 Å². The number of nitrogens with one attached hydrogen (secondary N) is 2. The quantitative estimate of drug-likeness (QED) is 0.555. The Bertz CT molecular complexity index is 1230. The monoisotopic (exact) mass is 441 g/mol. The highest BCUT2D eigenvalue weighted by molar-refractivity contribution is 7.89. The minimum absolute atomic E-state index is 0.0776. The maximum Gasteiger partial charge on any atom is 0.214 e. The summed E-state index contributed by atoms with van der Waals surface area (Å²) in [5, 5.41) is 11.0. The van der Waals surface area contributed by atoms with Crippen LogP contribution in [0.2, 0.25) is 0 Å². The molecule has 0 aromatic carbocycles. The van der Waals surface area contributed by atoms with Gasteiger partial charge in [-0.1, -0.05) is 0 Å². The van der Waals surface area contributed by atoms with Crippen molar-refractivity contribution in [2.45, 2.75) is 57.5 Å². The minimum atomic E-state index is -3.17. The van der Waals surface area contributed by atoms with E-state index in [0.717, 1.165) is 48.0 Å². The molecular weight excluding hydrogens is 414 g/mol. The van der Waals surface area contributed by atoms with E-state index < -0.39 is 10.0 Å². The smallest absolute Gasteiger partial charge is 0.214 e. The first kappa shape index (κ1) is 20.2. The number of nitrogens with zero attached hydrogens (tertiary/aromatic N) is 4. The topological polar surface area (TPSA) is 130 Å². The van der Waals surface area contributed by atoms with E-state index >= 15 is 0 Å². The molecule has 4 N–H and O–H groups in total. The van der Waals surface area contributed by atoms with Crippen LogP contribution < -0.4 is 11.1 Å². The lowest BCUT2D eigenvalue weighted by atomic mass is 9.89. The Labute approximate surface area is 181 Å². The first-order valence-electron chi connectivity index (χ1n) is 10.7. The van der Waals surface area contributed by atoms with Gasteiger partial charge in [0.25, 0.3) is 0 Å². The number of pyridine rings is 2. The van der Waals surface area contributed by atoms with E-state index in [4.69, 9.17) is 10.7 Å². The van der Waals surface area contributed by atoms with Gasteiger partial charge in [-0.2, -0.15) is 9.40 Å². The number of nitrogen functional groups attached to an aromatic ring is 1. The number of aryl methyl sites for hydroxylation is 1. The summed E-state index contributed by atoms with van der Waals surface area (Å²) in [6, 6.07) is 7.91. The van der Waals surface area contributed by atoms with Crippen LogP contribution in [0, 0.1) is 6.92 Å². The van der Waals surface area contributed by atoms with Gasteiger partial charge < -0.3 is 11.1 Å². The lowest BCUT2D eigenvalue weighted by molar-refractivity contribution is 0.224. The molecule has 164 valence electrons. The summed E-state index contributed by atoms with van der Waals surface area (Å²) in [7, 11) is -3.17. The highest BCUT2D eigenvalue weighted by Crippen LogP contribution is 2.44. The van der Waals surface area contributed by atoms with Crippen LogP contribution in [0.15, 0.2) is 24.3 Å². The second-order valence-corrected chi connectivity index (χ2v) is 10.7. The number of rotatable bonds is 5. The molecule has 5 rings (SSSR count). The predicted molar refractivity (Wildman–Crippen MR) is 121 cm³/mol. The number of hydrogen-bond acceptors (Lipinski definition) is 7. The third kappa shape index (κ3) is 3.63. The van der Waals surface area contributed by atoms with Gasteiger partial charge in [-0.15, -0.1) is 0 Å². The average molecular weight is 442 g/mol. The van der Waals surface area contributed by atoms with Crippen molar-refractivity contribution in [2.75, 3.05) is 16.8 Å². The molecule has 1 unspecified atom stereocenters. The second-order valence-electron chi connectivity index (χ2n) is 8.54. The van der Waals surface area contributed by atoms with Gasteiger partial charge in [0.15, 0.2) is 5.82 Å². The van der Waals surface area contributed by atoms with E-state index in [9.17, 15) is 8.42 Å². The lowest BCUT2D eigenvalue weighted by Crippen LogP contribution is -2.46. The predicted octanol–water partition coefficient (Wildman–Crippen LogP) is 3.05. The van der Waals surface area contributed by atoms with E-state index in [1.807, 2.05) is 31.2 Å². The molecule has 10 heteroatoms. The summed E-state index contributed by atoms with van der Waals surface area (Å²) in [5.41, 5.74) is 8.90. The highest BCUT2D eigenvalue weighted by atomic mass is 32.2. The van der Waals surface area contributed by atoms with Crippen LogP contribution >= 0.6 is 0 Å². The Hall–Kier alpha value is -2.72. The van der Waals surface area contributed by atoms with Gasteiger partial charge in [0.2, 0.25) is 10.0 Å². The molecule has 0 amide bonds. The molecule has 3 aromatic heterocycles. The first-order valence-corrected chi connectivity index (χ1v) is 12.3. The molecule has 2 aliphatic rings. The summed E-state index contributed by atoms with van der Waals surface area (Å²) >= 11 is 0. The van der Waals surface area contributed by atoms with Crippen molar-refractivity contribution in [2.24, 2.45) is 0 Å². The molecule has 0 saturated carbocycles. The van der Waals surface area contributed by atoms with Crippen molar-refractivity contribution in [1.82, 2.24) is 24.5 Å². The molecule has 2 fully saturated rings. The summed E-state index contributed by atoms with van der Waals surface area (Å²) in [6.07, 6.45) is 3.49. The van der Waals surface area contributed by atoms with Crippen molar-refractivity contribution in [3.05, 3.63) is 35.7 Å². The first-order chi connectivity index (χ1) is 14.8. The molecule has 5 heterocycles. The Kier molecular flexibility index (Phi) is 4.86. The molecular formula is C21H27N7O2S. The van der Waals surface area contributed by atoms with Crippen molar-refractivity contribution in [3.8, 4) is 0 Å². The minimum Gasteiger partial charge on any atom is -0.383 e. The van der Waals surface area contributed by atoms with Gasteiger partial charge in [0, 0.05) is 46.9 Å². The van der Waals surface area contributed by atoms with Crippen LogP contribution in [0.5, 0.6) is 0 Å². The zero-order chi connectivity index (χ0) is 21.8. The molecule has 0 spiro atoms. The molecule has 2 aliphatic heterocycles. The third-order valence-corrected chi connectivity index (χ3v) is 8.44. The summed E-state index contributed by atoms with van der Waals surface area (Å²) in [4.78, 5) is 9.34. The molecule has 3 aromatic rings.